The minimum Gasteiger partial charge on any atom is -0.380 e. The van der Waals surface area contributed by atoms with Crippen LogP contribution in [0.3, 0.4) is 0 Å². The van der Waals surface area contributed by atoms with Gasteiger partial charge in [-0.1, -0.05) is 18.0 Å². The van der Waals surface area contributed by atoms with Gasteiger partial charge in [-0.15, -0.1) is 11.3 Å². The van der Waals surface area contributed by atoms with Crippen molar-refractivity contribution in [3.05, 3.63) is 22.0 Å². The van der Waals surface area contributed by atoms with E-state index in [1.165, 1.54) is 6.42 Å². The van der Waals surface area contributed by atoms with Crippen LogP contribution in [-0.2, 0) is 16.6 Å². The topological polar surface area (TPSA) is 56.2 Å². The maximum absolute atomic E-state index is 12.3. The van der Waals surface area contributed by atoms with Crippen molar-refractivity contribution < 1.29 is 9.53 Å². The zero-order chi connectivity index (χ0) is 16.0. The highest BCUT2D eigenvalue weighted by atomic mass is 35.5. The molecule has 4 rings (SSSR count). The molecule has 7 heteroatoms. The molecule has 0 unspecified atom stereocenters. The molecule has 2 aromatic heterocycles. The Morgan fingerprint density at radius 2 is 2.22 bits per heavy atom. The molecule has 1 saturated carbocycles. The van der Waals surface area contributed by atoms with Crippen LogP contribution in [0.25, 0.3) is 10.6 Å². The quantitative estimate of drug-likeness (QED) is 0.914. The second-order valence-electron chi connectivity index (χ2n) is 6.19. The first-order chi connectivity index (χ1) is 11.1. The second-order valence-corrected chi connectivity index (χ2v) is 7.90. The Balaban J connectivity index is 1.72. The number of nitrogens with one attached hydrogen (secondary N) is 1. The first kappa shape index (κ1) is 15.2. The number of aromatic nitrogens is 2. The van der Waals surface area contributed by atoms with Crippen LogP contribution < -0.4 is 5.32 Å². The van der Waals surface area contributed by atoms with Crippen molar-refractivity contribution in [1.29, 1.82) is 0 Å². The summed E-state index contributed by atoms with van der Waals surface area (Å²) in [5, 5.41) is 7.61. The minimum atomic E-state index is -0.0501. The summed E-state index contributed by atoms with van der Waals surface area (Å²) in [7, 11) is 1.92. The van der Waals surface area contributed by atoms with Crippen molar-refractivity contribution in [1.82, 2.24) is 9.78 Å². The molecule has 5 nitrogen and oxygen atoms in total. The molecule has 2 aromatic rings. The fourth-order valence-corrected chi connectivity index (χ4v) is 4.19. The van der Waals surface area contributed by atoms with Gasteiger partial charge in [0.15, 0.2) is 5.82 Å². The van der Waals surface area contributed by atoms with Gasteiger partial charge in [0.2, 0.25) is 5.91 Å². The lowest BCUT2D eigenvalue weighted by atomic mass is 9.79. The van der Waals surface area contributed by atoms with E-state index in [1.807, 2.05) is 23.9 Å². The lowest BCUT2D eigenvalue weighted by Crippen LogP contribution is -2.38. The minimum absolute atomic E-state index is 0.00526. The fourth-order valence-electron chi connectivity index (χ4n) is 3.06. The van der Waals surface area contributed by atoms with E-state index in [1.54, 1.807) is 11.3 Å². The van der Waals surface area contributed by atoms with Crippen LogP contribution in [0.5, 0.6) is 0 Å². The summed E-state index contributed by atoms with van der Waals surface area (Å²) in [5.41, 5.74) is 2.23. The average molecular weight is 352 g/mol. The van der Waals surface area contributed by atoms with Crippen LogP contribution in [0, 0.1) is 5.92 Å². The fraction of sp³-hybridized carbons (Fsp3) is 0.500. The number of thiophene rings is 1. The summed E-state index contributed by atoms with van der Waals surface area (Å²) in [5.74, 6) is 1.12. The number of aryl methyl sites for hydroxylation is 1. The Morgan fingerprint density at radius 3 is 2.74 bits per heavy atom. The van der Waals surface area contributed by atoms with E-state index in [4.69, 9.17) is 16.3 Å². The van der Waals surface area contributed by atoms with Crippen molar-refractivity contribution in [3.63, 3.8) is 0 Å². The smallest absolute Gasteiger partial charge is 0.233 e. The van der Waals surface area contributed by atoms with Crippen molar-refractivity contribution in [2.75, 3.05) is 18.5 Å². The highest BCUT2D eigenvalue weighted by Gasteiger charge is 2.33. The highest BCUT2D eigenvalue weighted by Crippen LogP contribution is 2.46. The van der Waals surface area contributed by atoms with Crippen LogP contribution in [0.2, 0.25) is 4.34 Å². The number of rotatable bonds is 4. The van der Waals surface area contributed by atoms with E-state index in [0.29, 0.717) is 24.9 Å². The zero-order valence-corrected chi connectivity index (χ0v) is 14.4. The zero-order valence-electron chi connectivity index (χ0n) is 12.8. The third-order valence-electron chi connectivity index (χ3n) is 4.65. The van der Waals surface area contributed by atoms with Gasteiger partial charge in [-0.2, -0.15) is 5.10 Å². The largest absolute Gasteiger partial charge is 0.380 e. The molecule has 2 fully saturated rings. The molecule has 1 N–H and O–H groups in total. The SMILES string of the molecule is Cn1nc(NC(=O)C2COC2)c(C2CCC2)c1-c1ccc(Cl)s1. The van der Waals surface area contributed by atoms with Gasteiger partial charge in [0.1, 0.15) is 0 Å². The van der Waals surface area contributed by atoms with Crippen molar-refractivity contribution >= 4 is 34.7 Å². The molecule has 3 heterocycles. The average Bonchev–Trinajstić information content (AvgIpc) is 2.90. The van der Waals surface area contributed by atoms with E-state index < -0.39 is 0 Å². The number of amides is 1. The number of carbonyl (C=O) groups is 1. The predicted octanol–water partition coefficient (Wildman–Crippen LogP) is 3.65. The predicted molar refractivity (Wildman–Crippen MR) is 91.1 cm³/mol. The molecule has 0 atom stereocenters. The number of halogens is 1. The van der Waals surface area contributed by atoms with Crippen LogP contribution in [-0.4, -0.2) is 28.9 Å². The number of hydrogen-bond donors (Lipinski definition) is 1. The van der Waals surface area contributed by atoms with E-state index in [-0.39, 0.29) is 11.8 Å². The van der Waals surface area contributed by atoms with E-state index in [2.05, 4.69) is 10.4 Å². The summed E-state index contributed by atoms with van der Waals surface area (Å²) in [4.78, 5) is 13.4. The molecule has 0 aromatic carbocycles. The van der Waals surface area contributed by atoms with Crippen molar-refractivity contribution in [2.24, 2.45) is 13.0 Å². The van der Waals surface area contributed by atoms with Gasteiger partial charge in [0, 0.05) is 12.6 Å². The Labute approximate surface area is 143 Å². The van der Waals surface area contributed by atoms with Crippen molar-refractivity contribution in [2.45, 2.75) is 25.2 Å². The van der Waals surface area contributed by atoms with Gasteiger partial charge in [-0.3, -0.25) is 9.48 Å². The summed E-state index contributed by atoms with van der Waals surface area (Å²) in [6.45, 7) is 1.01. The van der Waals surface area contributed by atoms with Gasteiger partial charge in [-0.25, -0.2) is 0 Å². The molecular formula is C16H18ClN3O2S. The van der Waals surface area contributed by atoms with Gasteiger partial charge in [0.05, 0.1) is 34.0 Å². The Kier molecular flexibility index (Phi) is 3.91. The van der Waals surface area contributed by atoms with E-state index >= 15 is 0 Å². The maximum atomic E-state index is 12.3. The first-order valence-electron chi connectivity index (χ1n) is 7.84. The summed E-state index contributed by atoms with van der Waals surface area (Å²) < 4.78 is 7.73. The number of ether oxygens (including phenoxy) is 1. The second kappa shape index (κ2) is 5.92. The Morgan fingerprint density at radius 1 is 1.43 bits per heavy atom. The summed E-state index contributed by atoms with van der Waals surface area (Å²) in [6, 6.07) is 3.93. The van der Waals surface area contributed by atoms with Gasteiger partial charge < -0.3 is 10.1 Å². The molecule has 0 spiro atoms. The Hall–Kier alpha value is -1.37. The number of anilines is 1. The number of hydrogen-bond acceptors (Lipinski definition) is 4. The molecule has 1 aliphatic carbocycles. The lowest BCUT2D eigenvalue weighted by molar-refractivity contribution is -0.133. The molecule has 122 valence electrons. The van der Waals surface area contributed by atoms with Crippen LogP contribution in [0.1, 0.15) is 30.7 Å². The molecule has 1 amide bonds. The third-order valence-corrected chi connectivity index (χ3v) is 5.89. The molecular weight excluding hydrogens is 334 g/mol. The van der Waals surface area contributed by atoms with Crippen LogP contribution >= 0.6 is 22.9 Å². The molecule has 0 radical (unpaired) electrons. The summed E-state index contributed by atoms with van der Waals surface area (Å²) in [6.07, 6.45) is 3.52. The third kappa shape index (κ3) is 2.69. The molecule has 1 aliphatic heterocycles. The molecule has 1 saturated heterocycles. The first-order valence-corrected chi connectivity index (χ1v) is 9.04. The Bertz CT molecular complexity index is 747. The number of nitrogens with zero attached hydrogens (tertiary/aromatic N) is 2. The summed E-state index contributed by atoms with van der Waals surface area (Å²) >= 11 is 7.65. The van der Waals surface area contributed by atoms with Crippen molar-refractivity contribution in [3.8, 4) is 10.6 Å². The van der Waals surface area contributed by atoms with E-state index in [9.17, 15) is 4.79 Å². The normalized spacial score (nSPS) is 18.5. The maximum Gasteiger partial charge on any atom is 0.233 e. The van der Waals surface area contributed by atoms with Crippen LogP contribution in [0.15, 0.2) is 12.1 Å². The molecule has 0 bridgehead atoms. The molecule has 2 aliphatic rings. The monoisotopic (exact) mass is 351 g/mol. The highest BCUT2D eigenvalue weighted by molar-refractivity contribution is 7.19. The van der Waals surface area contributed by atoms with Gasteiger partial charge >= 0.3 is 0 Å². The van der Waals surface area contributed by atoms with Crippen LogP contribution in [0.4, 0.5) is 5.82 Å². The lowest BCUT2D eigenvalue weighted by Gasteiger charge is -2.28. The standard InChI is InChI=1S/C16H18ClN3O2S/c1-20-14(11-5-6-12(17)23-11)13(9-3-2-4-9)15(19-20)18-16(21)10-7-22-8-10/h5-6,9-10H,2-4,7-8H2,1H3,(H,18,19,21). The van der Waals surface area contributed by atoms with Gasteiger partial charge in [0.25, 0.3) is 0 Å². The molecule has 23 heavy (non-hydrogen) atoms. The van der Waals surface area contributed by atoms with E-state index in [0.717, 1.165) is 33.3 Å². The number of carbonyl (C=O) groups excluding carboxylic acids is 1. The van der Waals surface area contributed by atoms with Gasteiger partial charge in [-0.05, 0) is 30.9 Å².